The van der Waals surface area contributed by atoms with E-state index in [1.54, 1.807) is 19.9 Å². The minimum absolute atomic E-state index is 0.0881. The third kappa shape index (κ3) is 3.84. The Balaban J connectivity index is 2.70. The molecule has 0 bridgehead atoms. The van der Waals surface area contributed by atoms with E-state index >= 15 is 0 Å². The zero-order valence-electron chi connectivity index (χ0n) is 12.3. The fourth-order valence-corrected chi connectivity index (χ4v) is 1.87. The lowest BCUT2D eigenvalue weighted by molar-refractivity contribution is -0.148. The summed E-state index contributed by atoms with van der Waals surface area (Å²) in [4.78, 5) is 35.2. The van der Waals surface area contributed by atoms with E-state index in [1.807, 2.05) is 0 Å². The van der Waals surface area contributed by atoms with Crippen molar-refractivity contribution < 1.29 is 23.9 Å². The molecule has 1 rings (SSSR count). The summed E-state index contributed by atoms with van der Waals surface area (Å²) in [6.07, 6.45) is 1.86. The van der Waals surface area contributed by atoms with E-state index in [-0.39, 0.29) is 18.6 Å². The third-order valence-corrected chi connectivity index (χ3v) is 3.46. The number of carboxylic acid groups (broad SMARTS) is 1. The van der Waals surface area contributed by atoms with Crippen LogP contribution in [0.1, 0.15) is 44.2 Å². The summed E-state index contributed by atoms with van der Waals surface area (Å²) in [5, 5.41) is 14.2. The highest BCUT2D eigenvalue weighted by Crippen LogP contribution is 2.15. The second kappa shape index (κ2) is 6.92. The number of hydrogen-bond acceptors (Lipinski definition) is 4. The molecule has 0 saturated carbocycles. The average molecular weight is 296 g/mol. The summed E-state index contributed by atoms with van der Waals surface area (Å²) in [5.41, 5.74) is -1.32. The number of furan rings is 1. The van der Waals surface area contributed by atoms with Gasteiger partial charge in [-0.15, -0.1) is 0 Å². The summed E-state index contributed by atoms with van der Waals surface area (Å²) in [6.45, 7) is 4.85. The van der Waals surface area contributed by atoms with Crippen molar-refractivity contribution in [3.8, 4) is 0 Å². The molecule has 116 valence electrons. The lowest BCUT2D eigenvalue weighted by atomic mass is 9.92. The van der Waals surface area contributed by atoms with Crippen LogP contribution in [0.15, 0.2) is 22.8 Å². The Bertz CT molecular complexity index is 505. The molecule has 0 saturated heterocycles. The molecule has 0 aliphatic rings. The molecular weight excluding hydrogens is 276 g/mol. The molecule has 1 unspecified atom stereocenters. The van der Waals surface area contributed by atoms with Crippen molar-refractivity contribution in [2.75, 3.05) is 0 Å². The molecule has 21 heavy (non-hydrogen) atoms. The van der Waals surface area contributed by atoms with Gasteiger partial charge in [-0.2, -0.15) is 0 Å². The minimum Gasteiger partial charge on any atom is -0.480 e. The monoisotopic (exact) mass is 296 g/mol. The SMILES string of the molecule is CCC(CC)(NC(=O)C(C)NC(=O)c1ccco1)C(=O)O. The number of hydrogen-bond donors (Lipinski definition) is 3. The molecule has 7 heteroatoms. The quantitative estimate of drug-likeness (QED) is 0.699. The maximum Gasteiger partial charge on any atom is 0.329 e. The molecule has 2 amide bonds. The van der Waals surface area contributed by atoms with E-state index < -0.39 is 29.4 Å². The van der Waals surface area contributed by atoms with E-state index in [4.69, 9.17) is 4.42 Å². The van der Waals surface area contributed by atoms with Crippen LogP contribution >= 0.6 is 0 Å². The topological polar surface area (TPSA) is 109 Å². The Morgan fingerprint density at radius 2 is 1.95 bits per heavy atom. The number of nitrogens with one attached hydrogen (secondary N) is 2. The highest BCUT2D eigenvalue weighted by Gasteiger charge is 2.37. The van der Waals surface area contributed by atoms with Gasteiger partial charge >= 0.3 is 5.97 Å². The van der Waals surface area contributed by atoms with E-state index in [9.17, 15) is 19.5 Å². The van der Waals surface area contributed by atoms with Crippen LogP contribution in [0.2, 0.25) is 0 Å². The fraction of sp³-hybridized carbons (Fsp3) is 0.500. The van der Waals surface area contributed by atoms with Crippen molar-refractivity contribution in [2.45, 2.75) is 45.2 Å². The predicted molar refractivity (Wildman–Crippen MR) is 74.7 cm³/mol. The van der Waals surface area contributed by atoms with Crippen LogP contribution in [0.4, 0.5) is 0 Å². The van der Waals surface area contributed by atoms with Gasteiger partial charge in [0, 0.05) is 0 Å². The first-order chi connectivity index (χ1) is 9.86. The van der Waals surface area contributed by atoms with Crippen LogP contribution in [-0.2, 0) is 9.59 Å². The molecule has 0 spiro atoms. The summed E-state index contributed by atoms with van der Waals surface area (Å²) >= 11 is 0. The van der Waals surface area contributed by atoms with Gasteiger partial charge in [-0.3, -0.25) is 9.59 Å². The standard InChI is InChI=1S/C14H20N2O5/c1-4-14(5-2,13(19)20)16-11(17)9(3)15-12(18)10-7-6-8-21-10/h6-9H,4-5H2,1-3H3,(H,15,18)(H,16,17)(H,19,20). The van der Waals surface area contributed by atoms with Gasteiger partial charge in [0.05, 0.1) is 6.26 Å². The highest BCUT2D eigenvalue weighted by atomic mass is 16.4. The third-order valence-electron chi connectivity index (χ3n) is 3.46. The molecule has 0 fully saturated rings. The molecular formula is C14H20N2O5. The van der Waals surface area contributed by atoms with Gasteiger partial charge in [-0.1, -0.05) is 13.8 Å². The second-order valence-electron chi connectivity index (χ2n) is 4.76. The van der Waals surface area contributed by atoms with Crippen LogP contribution in [-0.4, -0.2) is 34.5 Å². The lowest BCUT2D eigenvalue weighted by Gasteiger charge is -2.29. The maximum absolute atomic E-state index is 12.1. The van der Waals surface area contributed by atoms with Crippen LogP contribution in [0.5, 0.6) is 0 Å². The second-order valence-corrected chi connectivity index (χ2v) is 4.76. The Hall–Kier alpha value is -2.31. The molecule has 1 heterocycles. The van der Waals surface area contributed by atoms with Gasteiger partial charge in [0.1, 0.15) is 11.6 Å². The Labute approximate surface area is 122 Å². The van der Waals surface area contributed by atoms with Crippen LogP contribution < -0.4 is 10.6 Å². The first kappa shape index (κ1) is 16.7. The van der Waals surface area contributed by atoms with Gasteiger partial charge in [0.2, 0.25) is 5.91 Å². The number of carbonyl (C=O) groups excluding carboxylic acids is 2. The average Bonchev–Trinajstić information content (AvgIpc) is 2.98. The van der Waals surface area contributed by atoms with Gasteiger partial charge in [-0.25, -0.2) is 4.79 Å². The Morgan fingerprint density at radius 1 is 1.33 bits per heavy atom. The van der Waals surface area contributed by atoms with E-state index in [1.165, 1.54) is 19.3 Å². The number of amides is 2. The van der Waals surface area contributed by atoms with Gasteiger partial charge in [-0.05, 0) is 31.9 Å². The molecule has 7 nitrogen and oxygen atoms in total. The normalized spacial score (nSPS) is 12.5. The summed E-state index contributed by atoms with van der Waals surface area (Å²) < 4.78 is 4.92. The lowest BCUT2D eigenvalue weighted by Crippen LogP contribution is -2.58. The zero-order chi connectivity index (χ0) is 16.0. The molecule has 0 aromatic carbocycles. The number of carboxylic acids is 1. The largest absolute Gasteiger partial charge is 0.480 e. The van der Waals surface area contributed by atoms with Crippen LogP contribution in [0, 0.1) is 0 Å². The maximum atomic E-state index is 12.1. The summed E-state index contributed by atoms with van der Waals surface area (Å²) in [5.74, 6) is -2.09. The molecule has 1 aromatic rings. The molecule has 0 radical (unpaired) electrons. The van der Waals surface area contributed by atoms with Crippen LogP contribution in [0.25, 0.3) is 0 Å². The van der Waals surface area contributed by atoms with Crippen molar-refractivity contribution >= 4 is 17.8 Å². The van der Waals surface area contributed by atoms with Crippen molar-refractivity contribution in [1.29, 1.82) is 0 Å². The van der Waals surface area contributed by atoms with Crippen molar-refractivity contribution in [2.24, 2.45) is 0 Å². The first-order valence-electron chi connectivity index (χ1n) is 6.76. The van der Waals surface area contributed by atoms with E-state index in [0.717, 1.165) is 0 Å². The molecule has 0 aliphatic carbocycles. The van der Waals surface area contributed by atoms with Crippen molar-refractivity contribution in [1.82, 2.24) is 10.6 Å². The smallest absolute Gasteiger partial charge is 0.329 e. The molecule has 3 N–H and O–H groups in total. The van der Waals surface area contributed by atoms with Gasteiger partial charge in [0.15, 0.2) is 5.76 Å². The number of aliphatic carboxylic acids is 1. The first-order valence-corrected chi connectivity index (χ1v) is 6.76. The van der Waals surface area contributed by atoms with Crippen LogP contribution in [0.3, 0.4) is 0 Å². The van der Waals surface area contributed by atoms with Crippen molar-refractivity contribution in [3.63, 3.8) is 0 Å². The van der Waals surface area contributed by atoms with Gasteiger partial charge < -0.3 is 20.2 Å². The molecule has 1 atom stereocenters. The molecule has 0 aliphatic heterocycles. The number of rotatable bonds is 7. The number of carbonyl (C=O) groups is 3. The zero-order valence-corrected chi connectivity index (χ0v) is 12.3. The molecule has 1 aromatic heterocycles. The van der Waals surface area contributed by atoms with Gasteiger partial charge in [0.25, 0.3) is 5.91 Å². The van der Waals surface area contributed by atoms with Crippen molar-refractivity contribution in [3.05, 3.63) is 24.2 Å². The summed E-state index contributed by atoms with van der Waals surface area (Å²) in [7, 11) is 0. The van der Waals surface area contributed by atoms with E-state index in [2.05, 4.69) is 10.6 Å². The fourth-order valence-electron chi connectivity index (χ4n) is 1.87. The minimum atomic E-state index is -1.32. The Morgan fingerprint density at radius 3 is 2.38 bits per heavy atom. The predicted octanol–water partition coefficient (Wildman–Crippen LogP) is 1.16. The highest BCUT2D eigenvalue weighted by molar-refractivity contribution is 5.96. The summed E-state index contributed by atoms with van der Waals surface area (Å²) in [6, 6.07) is 2.16. The Kier molecular flexibility index (Phi) is 5.52. The van der Waals surface area contributed by atoms with E-state index in [0.29, 0.717) is 0 Å².